The number of esters is 1. The molecule has 138 valence electrons. The number of aromatic hydroxyl groups is 1. The minimum atomic E-state index is -0.330. The van der Waals surface area contributed by atoms with Gasteiger partial charge in [-0.15, -0.1) is 11.3 Å². The SMILES string of the molecule is CCOC(=O)c1cc2c(s1)-c1cccc(O)c1C=c1cc3c(cc1-2)=CC=CO3. The third-order valence-corrected chi connectivity index (χ3v) is 6.01. The maximum atomic E-state index is 12.4. The molecular formula is C23H16O4S. The lowest BCUT2D eigenvalue weighted by atomic mass is 10.0. The summed E-state index contributed by atoms with van der Waals surface area (Å²) < 4.78 is 10.9. The van der Waals surface area contributed by atoms with Crippen molar-refractivity contribution in [1.29, 1.82) is 0 Å². The molecule has 2 aliphatic rings. The van der Waals surface area contributed by atoms with Gasteiger partial charge in [0.25, 0.3) is 0 Å². The molecule has 3 aromatic rings. The molecule has 1 aromatic heterocycles. The highest BCUT2D eigenvalue weighted by atomic mass is 32.1. The van der Waals surface area contributed by atoms with E-state index >= 15 is 0 Å². The van der Waals surface area contributed by atoms with Crippen LogP contribution >= 0.6 is 11.3 Å². The molecule has 28 heavy (non-hydrogen) atoms. The third kappa shape index (κ3) is 2.55. The van der Waals surface area contributed by atoms with Crippen molar-refractivity contribution in [3.63, 3.8) is 0 Å². The summed E-state index contributed by atoms with van der Waals surface area (Å²) in [5, 5.41) is 12.4. The predicted octanol–water partition coefficient (Wildman–Crippen LogP) is 3.79. The molecule has 1 aliphatic heterocycles. The molecule has 1 aliphatic carbocycles. The first kappa shape index (κ1) is 16.8. The highest BCUT2D eigenvalue weighted by Crippen LogP contribution is 2.43. The van der Waals surface area contributed by atoms with E-state index in [1.54, 1.807) is 19.3 Å². The molecule has 0 fully saturated rings. The number of rotatable bonds is 2. The predicted molar refractivity (Wildman–Crippen MR) is 110 cm³/mol. The quantitative estimate of drug-likeness (QED) is 0.531. The van der Waals surface area contributed by atoms with E-state index in [1.165, 1.54) is 11.3 Å². The van der Waals surface area contributed by atoms with Crippen molar-refractivity contribution in [2.24, 2.45) is 0 Å². The van der Waals surface area contributed by atoms with Gasteiger partial charge < -0.3 is 14.6 Å². The first-order valence-corrected chi connectivity index (χ1v) is 9.80. The van der Waals surface area contributed by atoms with Gasteiger partial charge in [0.05, 0.1) is 12.9 Å². The lowest BCUT2D eigenvalue weighted by Crippen LogP contribution is -2.16. The molecule has 0 unspecified atom stereocenters. The number of allylic oxidation sites excluding steroid dienone is 1. The van der Waals surface area contributed by atoms with E-state index in [0.717, 1.165) is 43.3 Å². The maximum Gasteiger partial charge on any atom is 0.348 e. The van der Waals surface area contributed by atoms with Crippen LogP contribution in [0.4, 0.5) is 0 Å². The first-order chi connectivity index (χ1) is 13.7. The lowest BCUT2D eigenvalue weighted by Gasteiger charge is -2.09. The van der Waals surface area contributed by atoms with Crippen molar-refractivity contribution in [2.45, 2.75) is 6.92 Å². The summed E-state index contributed by atoms with van der Waals surface area (Å²) in [5.41, 5.74) is 3.57. The molecule has 1 N–H and O–H groups in total. The summed E-state index contributed by atoms with van der Waals surface area (Å²) in [4.78, 5) is 13.9. The Labute approximate surface area is 165 Å². The minimum Gasteiger partial charge on any atom is -0.507 e. The van der Waals surface area contributed by atoms with Crippen molar-refractivity contribution in [1.82, 2.24) is 0 Å². The molecule has 0 saturated carbocycles. The van der Waals surface area contributed by atoms with Gasteiger partial charge in [-0.25, -0.2) is 4.79 Å². The van der Waals surface area contributed by atoms with Crippen LogP contribution in [0.15, 0.2) is 48.7 Å². The summed E-state index contributed by atoms with van der Waals surface area (Å²) in [6.07, 6.45) is 7.46. The molecule has 0 atom stereocenters. The fourth-order valence-electron chi connectivity index (χ4n) is 3.60. The van der Waals surface area contributed by atoms with Crippen LogP contribution in [0.1, 0.15) is 22.2 Å². The van der Waals surface area contributed by atoms with Crippen molar-refractivity contribution in [2.75, 3.05) is 6.61 Å². The van der Waals surface area contributed by atoms with Gasteiger partial charge in [-0.1, -0.05) is 12.1 Å². The largest absolute Gasteiger partial charge is 0.507 e. The average molecular weight is 388 g/mol. The van der Waals surface area contributed by atoms with Crippen LogP contribution in [0.3, 0.4) is 0 Å². The zero-order valence-electron chi connectivity index (χ0n) is 15.1. The highest BCUT2D eigenvalue weighted by Gasteiger charge is 2.23. The van der Waals surface area contributed by atoms with E-state index in [2.05, 4.69) is 6.07 Å². The van der Waals surface area contributed by atoms with Gasteiger partial charge in [-0.05, 0) is 60.2 Å². The number of carbonyl (C=O) groups excluding carboxylic acids is 1. The Morgan fingerprint density at radius 1 is 1.14 bits per heavy atom. The van der Waals surface area contributed by atoms with Gasteiger partial charge in [0, 0.05) is 26.8 Å². The third-order valence-electron chi connectivity index (χ3n) is 4.86. The number of hydrogen-bond donors (Lipinski definition) is 1. The smallest absolute Gasteiger partial charge is 0.348 e. The fraction of sp³-hybridized carbons (Fsp3) is 0.0870. The Morgan fingerprint density at radius 3 is 2.89 bits per heavy atom. The number of ether oxygens (including phenoxy) is 2. The molecule has 0 amide bonds. The highest BCUT2D eigenvalue weighted by molar-refractivity contribution is 7.18. The number of fused-ring (bicyclic) bond motifs is 6. The van der Waals surface area contributed by atoms with E-state index in [1.807, 2.05) is 42.5 Å². The number of thiophene rings is 1. The van der Waals surface area contributed by atoms with Crippen LogP contribution in [-0.4, -0.2) is 17.7 Å². The summed E-state index contributed by atoms with van der Waals surface area (Å²) in [7, 11) is 0. The normalized spacial score (nSPS) is 12.9. The summed E-state index contributed by atoms with van der Waals surface area (Å²) >= 11 is 1.39. The molecule has 0 spiro atoms. The molecule has 0 bridgehead atoms. The molecule has 5 heteroatoms. The average Bonchev–Trinajstić information content (AvgIpc) is 3.09. The Kier molecular flexibility index (Phi) is 3.84. The Balaban J connectivity index is 1.87. The molecule has 0 saturated heterocycles. The minimum absolute atomic E-state index is 0.201. The van der Waals surface area contributed by atoms with E-state index in [-0.39, 0.29) is 11.7 Å². The maximum absolute atomic E-state index is 12.4. The fourth-order valence-corrected chi connectivity index (χ4v) is 4.71. The van der Waals surface area contributed by atoms with E-state index in [9.17, 15) is 9.90 Å². The zero-order valence-corrected chi connectivity index (χ0v) is 15.9. The van der Waals surface area contributed by atoms with Crippen LogP contribution in [0.25, 0.3) is 33.7 Å². The van der Waals surface area contributed by atoms with E-state index < -0.39 is 0 Å². The summed E-state index contributed by atoms with van der Waals surface area (Å²) in [6, 6.07) is 11.4. The number of phenols is 1. The van der Waals surface area contributed by atoms with Crippen LogP contribution in [-0.2, 0) is 4.74 Å². The van der Waals surface area contributed by atoms with Gasteiger partial charge >= 0.3 is 5.97 Å². The number of phenolic OH excluding ortho intramolecular Hbond substituents is 1. The molecule has 2 heterocycles. The van der Waals surface area contributed by atoms with Gasteiger partial charge in [0.1, 0.15) is 16.4 Å². The van der Waals surface area contributed by atoms with Gasteiger partial charge in [0.2, 0.25) is 0 Å². The Bertz CT molecular complexity index is 1280. The number of carbonyl (C=O) groups is 1. The standard InChI is InChI=1S/C23H16O4S/c1-2-26-23(25)21-12-18-16-9-13-5-4-8-27-20(13)11-14(16)10-17-15(22(18)28-21)6-3-7-19(17)24/h3-12,24H,2H2,1H3. The van der Waals surface area contributed by atoms with Crippen LogP contribution in [0.5, 0.6) is 11.5 Å². The van der Waals surface area contributed by atoms with Crippen molar-refractivity contribution >= 4 is 29.5 Å². The molecule has 4 nitrogen and oxygen atoms in total. The Hall–Kier alpha value is -3.31. The van der Waals surface area contributed by atoms with Gasteiger partial charge in [0.15, 0.2) is 0 Å². The van der Waals surface area contributed by atoms with Crippen molar-refractivity contribution in [3.8, 4) is 33.1 Å². The molecular weight excluding hydrogens is 372 g/mol. The zero-order chi connectivity index (χ0) is 19.3. The first-order valence-electron chi connectivity index (χ1n) is 8.98. The second-order valence-corrected chi connectivity index (χ2v) is 7.60. The number of hydrogen-bond acceptors (Lipinski definition) is 5. The monoisotopic (exact) mass is 388 g/mol. The van der Waals surface area contributed by atoms with Crippen LogP contribution < -0.4 is 15.2 Å². The van der Waals surface area contributed by atoms with Crippen LogP contribution in [0.2, 0.25) is 0 Å². The Morgan fingerprint density at radius 2 is 2.04 bits per heavy atom. The summed E-state index contributed by atoms with van der Waals surface area (Å²) in [6.45, 7) is 2.12. The number of benzene rings is 2. The molecule has 2 aromatic carbocycles. The second-order valence-electron chi connectivity index (χ2n) is 6.55. The second kappa shape index (κ2) is 6.39. The summed E-state index contributed by atoms with van der Waals surface area (Å²) in [5.74, 6) is 0.634. The lowest BCUT2D eigenvalue weighted by molar-refractivity contribution is 0.0532. The van der Waals surface area contributed by atoms with Gasteiger partial charge in [-0.3, -0.25) is 0 Å². The van der Waals surface area contributed by atoms with Crippen LogP contribution in [0, 0.1) is 0 Å². The van der Waals surface area contributed by atoms with E-state index in [4.69, 9.17) is 9.47 Å². The molecule has 0 radical (unpaired) electrons. The van der Waals surface area contributed by atoms with Gasteiger partial charge in [-0.2, -0.15) is 0 Å². The molecule has 5 rings (SSSR count). The van der Waals surface area contributed by atoms with E-state index in [0.29, 0.717) is 11.5 Å². The topological polar surface area (TPSA) is 55.8 Å². The van der Waals surface area contributed by atoms with Crippen molar-refractivity contribution < 1.29 is 19.4 Å². The van der Waals surface area contributed by atoms with Crippen molar-refractivity contribution in [3.05, 3.63) is 69.6 Å².